The van der Waals surface area contributed by atoms with E-state index in [4.69, 9.17) is 14.6 Å². The largest absolute Gasteiger partial charge is 0.481 e. The van der Waals surface area contributed by atoms with Gasteiger partial charge in [0.15, 0.2) is 0 Å². The summed E-state index contributed by atoms with van der Waals surface area (Å²) in [5, 5.41) is 11.7. The van der Waals surface area contributed by atoms with E-state index in [-0.39, 0.29) is 12.7 Å². The number of rotatable bonds is 6. The summed E-state index contributed by atoms with van der Waals surface area (Å²) in [5.41, 5.74) is 2.14. The Hall–Kier alpha value is -2.37. The van der Waals surface area contributed by atoms with Crippen molar-refractivity contribution < 1.29 is 19.4 Å². The maximum Gasteiger partial charge on any atom is 0.305 e. The molecule has 0 radical (unpaired) electrons. The van der Waals surface area contributed by atoms with Gasteiger partial charge in [0.1, 0.15) is 12.5 Å². The molecule has 2 aliphatic rings. The van der Waals surface area contributed by atoms with Gasteiger partial charge >= 0.3 is 5.97 Å². The van der Waals surface area contributed by atoms with E-state index in [9.17, 15) is 4.79 Å². The average Bonchev–Trinajstić information content (AvgIpc) is 3.10. The number of hydrogen-bond donors (Lipinski definition) is 2. The van der Waals surface area contributed by atoms with Crippen LogP contribution in [-0.2, 0) is 14.3 Å². The molecule has 0 bridgehead atoms. The van der Waals surface area contributed by atoms with Crippen LogP contribution in [0, 0.1) is 5.92 Å². The Balaban J connectivity index is 1.47. The minimum atomic E-state index is -0.789. The summed E-state index contributed by atoms with van der Waals surface area (Å²) < 4.78 is 10.9. The molecule has 0 aliphatic carbocycles. The number of nitrogens with one attached hydrogen (secondary N) is 1. The van der Waals surface area contributed by atoms with E-state index in [0.717, 1.165) is 31.6 Å². The van der Waals surface area contributed by atoms with Gasteiger partial charge in [-0.1, -0.05) is 0 Å². The van der Waals surface area contributed by atoms with Gasteiger partial charge in [0.25, 0.3) is 0 Å². The van der Waals surface area contributed by atoms with Crippen LogP contribution >= 0.6 is 0 Å². The molecule has 0 amide bonds. The minimum Gasteiger partial charge on any atom is -0.481 e. The van der Waals surface area contributed by atoms with Crippen molar-refractivity contribution in [3.05, 3.63) is 36.8 Å². The van der Waals surface area contributed by atoms with Crippen LogP contribution in [0.1, 0.15) is 19.3 Å². The fourth-order valence-electron chi connectivity index (χ4n) is 3.01. The first-order valence-corrected chi connectivity index (χ1v) is 7.99. The monoisotopic (exact) mass is 318 g/mol. The molecular formula is C17H22N2O4. The molecule has 1 fully saturated rings. The number of anilines is 2. The van der Waals surface area contributed by atoms with Gasteiger partial charge in [-0.2, -0.15) is 0 Å². The maximum atomic E-state index is 10.5. The molecule has 2 aliphatic heterocycles. The molecule has 2 heterocycles. The number of nitrogens with zero attached hydrogens (tertiary/aromatic N) is 1. The van der Waals surface area contributed by atoms with Gasteiger partial charge in [-0.3, -0.25) is 4.79 Å². The molecule has 6 nitrogen and oxygen atoms in total. The van der Waals surface area contributed by atoms with Crippen LogP contribution in [-0.4, -0.2) is 37.0 Å². The van der Waals surface area contributed by atoms with Gasteiger partial charge in [-0.25, -0.2) is 0 Å². The summed E-state index contributed by atoms with van der Waals surface area (Å²) in [6.45, 7) is 2.41. The second-order valence-corrected chi connectivity index (χ2v) is 5.85. The number of piperidine rings is 1. The summed E-state index contributed by atoms with van der Waals surface area (Å²) >= 11 is 0. The summed E-state index contributed by atoms with van der Waals surface area (Å²) in [5.74, 6) is -0.347. The van der Waals surface area contributed by atoms with E-state index < -0.39 is 5.97 Å². The van der Waals surface area contributed by atoms with Crippen LogP contribution in [0.15, 0.2) is 36.8 Å². The van der Waals surface area contributed by atoms with Crippen LogP contribution in [0.4, 0.5) is 11.4 Å². The molecule has 6 heteroatoms. The third-order valence-corrected chi connectivity index (χ3v) is 4.31. The average molecular weight is 318 g/mol. The van der Waals surface area contributed by atoms with E-state index in [1.54, 1.807) is 12.5 Å². The van der Waals surface area contributed by atoms with Crippen LogP contribution < -0.4 is 10.2 Å². The lowest BCUT2D eigenvalue weighted by molar-refractivity contribution is -0.136. The number of ether oxygens (including phenoxy) is 2. The molecule has 3 rings (SSSR count). The van der Waals surface area contributed by atoms with Gasteiger partial charge in [-0.15, -0.1) is 0 Å². The van der Waals surface area contributed by atoms with Crippen molar-refractivity contribution in [3.63, 3.8) is 0 Å². The van der Waals surface area contributed by atoms with Gasteiger partial charge in [0.2, 0.25) is 6.29 Å². The summed E-state index contributed by atoms with van der Waals surface area (Å²) in [6.07, 6.45) is 5.34. The molecule has 0 aromatic heterocycles. The third-order valence-electron chi connectivity index (χ3n) is 4.31. The first-order chi connectivity index (χ1) is 11.2. The molecule has 0 spiro atoms. The molecule has 1 aromatic rings. The standard InChI is InChI=1S/C17H22N2O4/c20-16(21)5-8-18-14-1-3-15(4-2-14)19-9-6-13(7-10-19)17-22-11-12-23-17/h1-4,11-13,17-18H,5-10H2,(H,20,21). The van der Waals surface area contributed by atoms with Crippen LogP contribution in [0.2, 0.25) is 0 Å². The SMILES string of the molecule is O=C(O)CCNc1ccc(N2CCC(C3OC=CO3)CC2)cc1. The Morgan fingerprint density at radius 1 is 1.17 bits per heavy atom. The Bertz CT molecular complexity index is 542. The van der Waals surface area contributed by atoms with Crippen molar-refractivity contribution in [1.29, 1.82) is 0 Å². The van der Waals surface area contributed by atoms with Crippen molar-refractivity contribution in [2.75, 3.05) is 29.9 Å². The normalized spacial score (nSPS) is 18.5. The number of benzene rings is 1. The smallest absolute Gasteiger partial charge is 0.305 e. The quantitative estimate of drug-likeness (QED) is 0.840. The molecule has 1 aromatic carbocycles. The highest BCUT2D eigenvalue weighted by Crippen LogP contribution is 2.29. The van der Waals surface area contributed by atoms with Crippen molar-refractivity contribution in [3.8, 4) is 0 Å². The van der Waals surface area contributed by atoms with Crippen LogP contribution in [0.25, 0.3) is 0 Å². The molecule has 0 saturated carbocycles. The Morgan fingerprint density at radius 2 is 1.83 bits per heavy atom. The van der Waals surface area contributed by atoms with E-state index in [0.29, 0.717) is 12.5 Å². The highest BCUT2D eigenvalue weighted by Gasteiger charge is 2.29. The maximum absolute atomic E-state index is 10.5. The Morgan fingerprint density at radius 3 is 2.43 bits per heavy atom. The number of carbonyl (C=O) groups is 1. The Labute approximate surface area is 135 Å². The van der Waals surface area contributed by atoms with Gasteiger partial charge in [0, 0.05) is 36.9 Å². The fraction of sp³-hybridized carbons (Fsp3) is 0.471. The summed E-state index contributed by atoms with van der Waals surface area (Å²) in [7, 11) is 0. The number of carboxylic acid groups (broad SMARTS) is 1. The lowest BCUT2D eigenvalue weighted by Gasteiger charge is -2.35. The van der Waals surface area contributed by atoms with E-state index >= 15 is 0 Å². The zero-order valence-electron chi connectivity index (χ0n) is 13.0. The topological polar surface area (TPSA) is 71.0 Å². The van der Waals surface area contributed by atoms with Gasteiger partial charge in [-0.05, 0) is 37.1 Å². The lowest BCUT2D eigenvalue weighted by Crippen LogP contribution is -2.38. The zero-order chi connectivity index (χ0) is 16.1. The first-order valence-electron chi connectivity index (χ1n) is 7.99. The van der Waals surface area contributed by atoms with Crippen molar-refractivity contribution in [1.82, 2.24) is 0 Å². The molecule has 0 unspecified atom stereocenters. The predicted molar refractivity (Wildman–Crippen MR) is 87.2 cm³/mol. The highest BCUT2D eigenvalue weighted by atomic mass is 16.7. The second kappa shape index (κ2) is 7.26. The number of carboxylic acids is 1. The van der Waals surface area contributed by atoms with Crippen LogP contribution in [0.3, 0.4) is 0 Å². The minimum absolute atomic E-state index is 0.113. The third kappa shape index (κ3) is 4.09. The van der Waals surface area contributed by atoms with Crippen molar-refractivity contribution in [2.45, 2.75) is 25.6 Å². The Kier molecular flexibility index (Phi) is 4.90. The van der Waals surface area contributed by atoms with E-state index in [2.05, 4.69) is 22.3 Å². The molecule has 2 N–H and O–H groups in total. The lowest BCUT2D eigenvalue weighted by atomic mass is 9.96. The number of aliphatic carboxylic acids is 1. The fourth-order valence-corrected chi connectivity index (χ4v) is 3.01. The van der Waals surface area contributed by atoms with Crippen molar-refractivity contribution in [2.24, 2.45) is 5.92 Å². The van der Waals surface area contributed by atoms with Gasteiger partial charge < -0.3 is 24.8 Å². The van der Waals surface area contributed by atoms with Gasteiger partial charge in [0.05, 0.1) is 6.42 Å². The van der Waals surface area contributed by atoms with Crippen molar-refractivity contribution >= 4 is 17.3 Å². The zero-order valence-corrected chi connectivity index (χ0v) is 13.0. The molecule has 124 valence electrons. The molecule has 23 heavy (non-hydrogen) atoms. The van der Waals surface area contributed by atoms with E-state index in [1.807, 2.05) is 12.1 Å². The molecule has 0 atom stereocenters. The predicted octanol–water partition coefficient (Wildman–Crippen LogP) is 2.63. The summed E-state index contributed by atoms with van der Waals surface area (Å²) in [4.78, 5) is 12.9. The second-order valence-electron chi connectivity index (χ2n) is 5.85. The summed E-state index contributed by atoms with van der Waals surface area (Å²) in [6, 6.07) is 8.15. The van der Waals surface area contributed by atoms with Crippen LogP contribution in [0.5, 0.6) is 0 Å². The molecule has 1 saturated heterocycles. The number of hydrogen-bond acceptors (Lipinski definition) is 5. The molecular weight excluding hydrogens is 296 g/mol. The first kappa shape index (κ1) is 15.5. The highest BCUT2D eigenvalue weighted by molar-refractivity contribution is 5.67. The van der Waals surface area contributed by atoms with E-state index in [1.165, 1.54) is 5.69 Å².